The number of aryl methyl sites for hydroxylation is 1. The third kappa shape index (κ3) is 6.57. The molecule has 3 aliphatic heterocycles. The van der Waals surface area contributed by atoms with Crippen molar-refractivity contribution in [3.8, 4) is 11.1 Å². The number of benzene rings is 1. The Kier molecular flexibility index (Phi) is 9.12. The number of anilines is 4. The van der Waals surface area contributed by atoms with Crippen LogP contribution in [-0.4, -0.2) is 81.9 Å². The van der Waals surface area contributed by atoms with Crippen LogP contribution in [0, 0.1) is 11.2 Å². The number of ether oxygens (including phenoxy) is 2. The topological polar surface area (TPSA) is 114 Å². The maximum Gasteiger partial charge on any atom is 0.302 e. The van der Waals surface area contributed by atoms with Gasteiger partial charge in [-0.3, -0.25) is 19.3 Å². The number of hydrogen-bond donors (Lipinski definition) is 1. The van der Waals surface area contributed by atoms with Crippen molar-refractivity contribution in [1.29, 1.82) is 0 Å². The van der Waals surface area contributed by atoms with Crippen molar-refractivity contribution in [3.63, 3.8) is 0 Å². The summed E-state index contributed by atoms with van der Waals surface area (Å²) in [7, 11) is 1.63. The second-order valence-corrected chi connectivity index (χ2v) is 16.2. The van der Waals surface area contributed by atoms with Crippen molar-refractivity contribution in [2.75, 3.05) is 48.0 Å². The molecule has 12 nitrogen and oxygen atoms in total. The van der Waals surface area contributed by atoms with Crippen LogP contribution in [0.25, 0.3) is 11.1 Å². The van der Waals surface area contributed by atoms with Crippen molar-refractivity contribution in [2.24, 2.45) is 12.5 Å². The average molecular weight is 738 g/mol. The second-order valence-electron chi connectivity index (χ2n) is 16.2. The first-order valence-electron chi connectivity index (χ1n) is 18.8. The fourth-order valence-electron chi connectivity index (χ4n) is 8.74. The molecule has 4 aliphatic rings. The number of nitrogens with zero attached hydrogens (tertiary/aromatic N) is 6. The van der Waals surface area contributed by atoms with Gasteiger partial charge in [-0.15, -0.1) is 0 Å². The Morgan fingerprint density at radius 1 is 1.06 bits per heavy atom. The number of halogens is 1. The van der Waals surface area contributed by atoms with E-state index < -0.39 is 11.8 Å². The van der Waals surface area contributed by atoms with E-state index in [1.807, 2.05) is 24.4 Å². The summed E-state index contributed by atoms with van der Waals surface area (Å²) in [6.07, 6.45) is 5.23. The van der Waals surface area contributed by atoms with Crippen LogP contribution in [0.2, 0.25) is 0 Å². The molecule has 0 unspecified atom stereocenters. The number of amides is 1. The number of nitrogens with one attached hydrogen (secondary N) is 1. The van der Waals surface area contributed by atoms with Gasteiger partial charge in [0.2, 0.25) is 0 Å². The minimum atomic E-state index is -0.560. The van der Waals surface area contributed by atoms with Crippen LogP contribution in [0.1, 0.15) is 61.9 Å². The monoisotopic (exact) mass is 737 g/mol. The average Bonchev–Trinajstić information content (AvgIpc) is 3.59. The third-order valence-corrected chi connectivity index (χ3v) is 11.5. The highest BCUT2D eigenvalue weighted by Gasteiger charge is 2.38. The maximum absolute atomic E-state index is 15.7. The molecule has 0 radical (unpaired) electrons. The van der Waals surface area contributed by atoms with E-state index in [1.54, 1.807) is 24.2 Å². The highest BCUT2D eigenvalue weighted by atomic mass is 19.1. The van der Waals surface area contributed by atoms with Crippen molar-refractivity contribution < 1.29 is 23.5 Å². The van der Waals surface area contributed by atoms with E-state index in [2.05, 4.69) is 52.4 Å². The molecule has 2 saturated heterocycles. The lowest BCUT2D eigenvalue weighted by Gasteiger charge is -2.50. The maximum atomic E-state index is 15.7. The van der Waals surface area contributed by atoms with Gasteiger partial charge in [-0.1, -0.05) is 13.8 Å². The van der Waals surface area contributed by atoms with Crippen LogP contribution in [0.5, 0.6) is 0 Å². The largest absolute Gasteiger partial charge is 0.461 e. The Hall–Kier alpha value is -5.01. The molecule has 0 saturated carbocycles. The fourth-order valence-corrected chi connectivity index (χ4v) is 8.74. The van der Waals surface area contributed by atoms with Crippen LogP contribution in [0.4, 0.5) is 27.3 Å². The van der Waals surface area contributed by atoms with E-state index in [0.717, 1.165) is 44.8 Å². The number of pyridine rings is 2. The van der Waals surface area contributed by atoms with Crippen LogP contribution in [0.15, 0.2) is 53.6 Å². The van der Waals surface area contributed by atoms with Crippen LogP contribution >= 0.6 is 0 Å². The Morgan fingerprint density at radius 2 is 1.85 bits per heavy atom. The first-order valence-corrected chi connectivity index (χ1v) is 18.8. The predicted octanol–water partition coefficient (Wildman–Crippen LogP) is 5.28. The Morgan fingerprint density at radius 3 is 2.56 bits per heavy atom. The van der Waals surface area contributed by atoms with Gasteiger partial charge in [0.05, 0.1) is 36.8 Å². The molecule has 4 aromatic rings. The van der Waals surface area contributed by atoms with Crippen molar-refractivity contribution >= 4 is 34.8 Å². The quantitative estimate of drug-likeness (QED) is 0.242. The lowest BCUT2D eigenvalue weighted by atomic mass is 9.90. The van der Waals surface area contributed by atoms with Gasteiger partial charge in [-0.2, -0.15) is 0 Å². The number of esters is 1. The van der Waals surface area contributed by atoms with E-state index in [9.17, 15) is 14.4 Å². The summed E-state index contributed by atoms with van der Waals surface area (Å²) in [4.78, 5) is 50.8. The zero-order valence-electron chi connectivity index (χ0n) is 31.8. The van der Waals surface area contributed by atoms with Gasteiger partial charge in [0, 0.05) is 75.3 Å². The van der Waals surface area contributed by atoms with Crippen molar-refractivity contribution in [1.82, 2.24) is 19.0 Å². The first-order chi connectivity index (χ1) is 25.8. The number of fused-ring (bicyclic) bond motifs is 3. The summed E-state index contributed by atoms with van der Waals surface area (Å²) < 4.78 is 30.2. The fraction of sp³-hybridized carbons (Fsp3) is 0.463. The number of rotatable bonds is 8. The van der Waals surface area contributed by atoms with E-state index in [0.29, 0.717) is 65.1 Å². The van der Waals surface area contributed by atoms with Gasteiger partial charge in [-0.25, -0.2) is 9.37 Å². The smallest absolute Gasteiger partial charge is 0.302 e. The molecule has 284 valence electrons. The summed E-state index contributed by atoms with van der Waals surface area (Å²) in [5.41, 5.74) is 5.74. The molecule has 1 aliphatic carbocycles. The van der Waals surface area contributed by atoms with Crippen LogP contribution in [0.3, 0.4) is 0 Å². The molecule has 2 fully saturated rings. The van der Waals surface area contributed by atoms with Crippen LogP contribution < -0.4 is 20.7 Å². The van der Waals surface area contributed by atoms with E-state index in [1.165, 1.54) is 34.9 Å². The number of carbonyl (C=O) groups is 2. The SMILES string of the molecule is CC(=O)OCc1c(-c2cc(Nc3ccc(N4C[C@@H](C)N(C5COC5)C[C@@H]4C)cn3)c(=O)n(C)c2)cc(F)cc1N1CCn2c(cc3c2CC(C)(C)C3)C1=O. The van der Waals surface area contributed by atoms with Crippen molar-refractivity contribution in [2.45, 2.75) is 78.7 Å². The molecule has 3 aromatic heterocycles. The second kappa shape index (κ2) is 13.7. The molecule has 0 spiro atoms. The highest BCUT2D eigenvalue weighted by Crippen LogP contribution is 2.41. The van der Waals surface area contributed by atoms with Crippen molar-refractivity contribution in [3.05, 3.63) is 87.5 Å². The van der Waals surface area contributed by atoms with E-state index >= 15 is 4.39 Å². The molecule has 1 N–H and O–H groups in total. The lowest BCUT2D eigenvalue weighted by molar-refractivity contribution is -0.142. The molecule has 6 heterocycles. The summed E-state index contributed by atoms with van der Waals surface area (Å²) in [6, 6.07) is 11.3. The van der Waals surface area contributed by atoms with Gasteiger partial charge >= 0.3 is 5.97 Å². The Balaban J connectivity index is 1.09. The normalized spacial score (nSPS) is 21.1. The summed E-state index contributed by atoms with van der Waals surface area (Å²) >= 11 is 0. The van der Waals surface area contributed by atoms with Gasteiger partial charge < -0.3 is 33.7 Å². The lowest BCUT2D eigenvalue weighted by Crippen LogP contribution is -2.63. The zero-order valence-corrected chi connectivity index (χ0v) is 31.8. The molecule has 1 amide bonds. The van der Waals surface area contributed by atoms with Gasteiger partial charge in [0.25, 0.3) is 11.5 Å². The Bertz CT molecular complexity index is 2190. The molecule has 2 atom stereocenters. The number of piperazine rings is 1. The molecule has 54 heavy (non-hydrogen) atoms. The molecule has 1 aromatic carbocycles. The summed E-state index contributed by atoms with van der Waals surface area (Å²) in [5.74, 6) is -0.818. The summed E-state index contributed by atoms with van der Waals surface area (Å²) in [5, 5.41) is 3.18. The summed E-state index contributed by atoms with van der Waals surface area (Å²) in [6.45, 7) is 14.3. The van der Waals surface area contributed by atoms with Gasteiger partial charge in [0.15, 0.2) is 0 Å². The minimum Gasteiger partial charge on any atom is -0.461 e. The molecular formula is C41H48FN7O5. The predicted molar refractivity (Wildman–Crippen MR) is 205 cm³/mol. The highest BCUT2D eigenvalue weighted by molar-refractivity contribution is 6.07. The van der Waals surface area contributed by atoms with Gasteiger partial charge in [0.1, 0.15) is 29.6 Å². The molecule has 13 heteroatoms. The van der Waals surface area contributed by atoms with Crippen LogP contribution in [-0.2, 0) is 47.3 Å². The molecule has 0 bridgehead atoms. The first kappa shape index (κ1) is 36.0. The standard InChI is InChI=1S/C41H48FN7O5/c1-24-19-49(31-21-53-22-31)25(2)18-48(24)30-7-8-38(43-17-30)44-34-11-28(20-45(6)39(34)51)32-13-29(42)14-35(33(32)23-54-26(3)50)47-10-9-46-36(40(47)52)12-27-15-41(4,5)16-37(27)46/h7-8,11-14,17,20,24-25,31H,9-10,15-16,18-19,21-23H2,1-6H3,(H,43,44)/t24-,25+/m0/s1. The molecular weight excluding hydrogens is 689 g/mol. The number of carbonyl (C=O) groups excluding carboxylic acids is 2. The minimum absolute atomic E-state index is 0.142. The van der Waals surface area contributed by atoms with E-state index in [-0.39, 0.29) is 29.2 Å². The van der Waals surface area contributed by atoms with Gasteiger partial charge in [-0.05, 0) is 79.6 Å². The zero-order chi connectivity index (χ0) is 38.1. The Labute approximate surface area is 314 Å². The number of hydrogen-bond acceptors (Lipinski definition) is 9. The third-order valence-electron chi connectivity index (χ3n) is 11.5. The molecule has 8 rings (SSSR count). The van der Waals surface area contributed by atoms with E-state index in [4.69, 9.17) is 9.47 Å². The number of aromatic nitrogens is 3.